The monoisotopic (exact) mass is 338 g/mol. The van der Waals surface area contributed by atoms with E-state index in [0.717, 1.165) is 30.4 Å². The first-order valence-electron chi connectivity index (χ1n) is 7.89. The standard InChI is InChI=1S/C19H19ClN4/c20-17-8-4-7-15(13-17)9-11-21-19-22-12-10-18(24-19)23-14-16-5-2-1-3-6-16/h1-8,10,12-13H,9,11,14H2,(H2,21,22,23,24). The Hall–Kier alpha value is -2.59. The number of nitrogens with one attached hydrogen (secondary N) is 2. The van der Waals surface area contributed by atoms with E-state index in [9.17, 15) is 0 Å². The molecule has 0 amide bonds. The molecule has 0 aliphatic heterocycles. The van der Waals surface area contributed by atoms with Crippen LogP contribution >= 0.6 is 11.6 Å². The zero-order valence-electron chi connectivity index (χ0n) is 13.2. The molecule has 0 spiro atoms. The molecule has 3 aromatic rings. The zero-order chi connectivity index (χ0) is 16.6. The van der Waals surface area contributed by atoms with Crippen LogP contribution < -0.4 is 10.6 Å². The summed E-state index contributed by atoms with van der Waals surface area (Å²) in [5.74, 6) is 1.43. The number of halogens is 1. The van der Waals surface area contributed by atoms with Crippen LogP contribution in [0.4, 0.5) is 11.8 Å². The average Bonchev–Trinajstić information content (AvgIpc) is 2.61. The molecular weight excluding hydrogens is 320 g/mol. The summed E-state index contributed by atoms with van der Waals surface area (Å²) in [6.45, 7) is 1.49. The lowest BCUT2D eigenvalue weighted by molar-refractivity contribution is 0.980. The lowest BCUT2D eigenvalue weighted by Gasteiger charge is -2.08. The molecule has 0 radical (unpaired) electrons. The van der Waals surface area contributed by atoms with Gasteiger partial charge in [-0.2, -0.15) is 4.98 Å². The van der Waals surface area contributed by atoms with Crippen LogP contribution in [0.15, 0.2) is 66.9 Å². The van der Waals surface area contributed by atoms with E-state index in [1.165, 1.54) is 11.1 Å². The van der Waals surface area contributed by atoms with Gasteiger partial charge in [0, 0.05) is 24.3 Å². The predicted molar refractivity (Wildman–Crippen MR) is 99.4 cm³/mol. The molecule has 122 valence electrons. The van der Waals surface area contributed by atoms with E-state index in [-0.39, 0.29) is 0 Å². The van der Waals surface area contributed by atoms with Gasteiger partial charge in [-0.3, -0.25) is 0 Å². The molecule has 4 nitrogen and oxygen atoms in total. The third-order valence-corrected chi connectivity index (χ3v) is 3.79. The Morgan fingerprint density at radius 2 is 1.71 bits per heavy atom. The summed E-state index contributed by atoms with van der Waals surface area (Å²) in [4.78, 5) is 8.73. The Morgan fingerprint density at radius 3 is 2.54 bits per heavy atom. The second kappa shape index (κ2) is 8.31. The van der Waals surface area contributed by atoms with E-state index in [1.54, 1.807) is 6.20 Å². The third kappa shape index (κ3) is 4.96. The van der Waals surface area contributed by atoms with Gasteiger partial charge in [0.1, 0.15) is 5.82 Å². The second-order valence-corrected chi connectivity index (χ2v) is 5.85. The van der Waals surface area contributed by atoms with E-state index in [1.807, 2.05) is 42.5 Å². The molecule has 0 bridgehead atoms. The van der Waals surface area contributed by atoms with E-state index in [2.05, 4.69) is 38.8 Å². The molecule has 24 heavy (non-hydrogen) atoms. The minimum absolute atomic E-state index is 0.620. The van der Waals surface area contributed by atoms with Gasteiger partial charge in [0.2, 0.25) is 5.95 Å². The summed E-state index contributed by atoms with van der Waals surface area (Å²) in [5.41, 5.74) is 2.40. The number of nitrogens with zero attached hydrogens (tertiary/aromatic N) is 2. The van der Waals surface area contributed by atoms with Gasteiger partial charge in [-0.05, 0) is 35.7 Å². The van der Waals surface area contributed by atoms with E-state index >= 15 is 0 Å². The fourth-order valence-corrected chi connectivity index (χ4v) is 2.55. The maximum atomic E-state index is 5.99. The fourth-order valence-electron chi connectivity index (χ4n) is 2.34. The minimum atomic E-state index is 0.620. The third-order valence-electron chi connectivity index (χ3n) is 3.56. The summed E-state index contributed by atoms with van der Waals surface area (Å²) in [6.07, 6.45) is 2.62. The smallest absolute Gasteiger partial charge is 0.224 e. The van der Waals surface area contributed by atoms with Crippen molar-refractivity contribution in [3.63, 3.8) is 0 Å². The molecule has 2 N–H and O–H groups in total. The number of rotatable bonds is 7. The van der Waals surface area contributed by atoms with Crippen LogP contribution in [-0.4, -0.2) is 16.5 Å². The lowest BCUT2D eigenvalue weighted by Crippen LogP contribution is -2.09. The first-order chi connectivity index (χ1) is 11.8. The largest absolute Gasteiger partial charge is 0.366 e. The van der Waals surface area contributed by atoms with Crippen molar-refractivity contribution in [2.24, 2.45) is 0 Å². The molecule has 0 saturated heterocycles. The normalized spacial score (nSPS) is 10.4. The molecule has 0 unspecified atom stereocenters. The molecule has 0 fully saturated rings. The van der Waals surface area contributed by atoms with Gasteiger partial charge < -0.3 is 10.6 Å². The summed E-state index contributed by atoms with van der Waals surface area (Å²) >= 11 is 5.99. The number of benzene rings is 2. The highest BCUT2D eigenvalue weighted by Crippen LogP contribution is 2.12. The molecule has 5 heteroatoms. The van der Waals surface area contributed by atoms with Crippen LogP contribution in [0.1, 0.15) is 11.1 Å². The van der Waals surface area contributed by atoms with Crippen LogP contribution in [0.2, 0.25) is 5.02 Å². The van der Waals surface area contributed by atoms with Gasteiger partial charge in [-0.1, -0.05) is 54.1 Å². The molecule has 1 heterocycles. The Kier molecular flexibility index (Phi) is 5.64. The Balaban J connectivity index is 1.51. The van der Waals surface area contributed by atoms with Crippen molar-refractivity contribution in [1.82, 2.24) is 9.97 Å². The molecule has 0 saturated carbocycles. The van der Waals surface area contributed by atoms with Gasteiger partial charge in [0.15, 0.2) is 0 Å². The lowest BCUT2D eigenvalue weighted by atomic mass is 10.1. The summed E-state index contributed by atoms with van der Waals surface area (Å²) in [6, 6.07) is 20.0. The predicted octanol–water partition coefficient (Wildman–Crippen LogP) is 4.40. The molecule has 0 aliphatic rings. The molecule has 1 aromatic heterocycles. The molecule has 0 aliphatic carbocycles. The van der Waals surface area contributed by atoms with Gasteiger partial charge in [-0.25, -0.2) is 4.98 Å². The molecule has 3 rings (SSSR count). The average molecular weight is 339 g/mol. The van der Waals surface area contributed by atoms with E-state index < -0.39 is 0 Å². The van der Waals surface area contributed by atoms with Gasteiger partial charge in [0.25, 0.3) is 0 Å². The summed E-state index contributed by atoms with van der Waals surface area (Å²) in [7, 11) is 0. The van der Waals surface area contributed by atoms with Crippen molar-refractivity contribution in [1.29, 1.82) is 0 Å². The first-order valence-corrected chi connectivity index (χ1v) is 8.26. The second-order valence-electron chi connectivity index (χ2n) is 5.41. The topological polar surface area (TPSA) is 49.8 Å². The number of aromatic nitrogens is 2. The van der Waals surface area contributed by atoms with E-state index in [4.69, 9.17) is 11.6 Å². The first kappa shape index (κ1) is 16.3. The number of hydrogen-bond acceptors (Lipinski definition) is 4. The van der Waals surface area contributed by atoms with Crippen LogP contribution in [-0.2, 0) is 13.0 Å². The minimum Gasteiger partial charge on any atom is -0.366 e. The molecular formula is C19H19ClN4. The van der Waals surface area contributed by atoms with E-state index in [0.29, 0.717) is 5.95 Å². The summed E-state index contributed by atoms with van der Waals surface area (Å²) < 4.78 is 0. The van der Waals surface area contributed by atoms with Gasteiger partial charge in [-0.15, -0.1) is 0 Å². The van der Waals surface area contributed by atoms with Crippen LogP contribution in [0.5, 0.6) is 0 Å². The number of anilines is 2. The Bertz CT molecular complexity index is 777. The van der Waals surface area contributed by atoms with Crippen molar-refractivity contribution >= 4 is 23.4 Å². The van der Waals surface area contributed by atoms with Crippen LogP contribution in [0, 0.1) is 0 Å². The molecule has 2 aromatic carbocycles. The van der Waals surface area contributed by atoms with Gasteiger partial charge in [0.05, 0.1) is 0 Å². The van der Waals surface area contributed by atoms with Crippen molar-refractivity contribution in [3.8, 4) is 0 Å². The molecule has 0 atom stereocenters. The van der Waals surface area contributed by atoms with Crippen LogP contribution in [0.3, 0.4) is 0 Å². The fraction of sp³-hybridized carbons (Fsp3) is 0.158. The Labute approximate surface area is 146 Å². The van der Waals surface area contributed by atoms with Crippen molar-refractivity contribution in [2.45, 2.75) is 13.0 Å². The summed E-state index contributed by atoms with van der Waals surface area (Å²) in [5, 5.41) is 7.31. The van der Waals surface area contributed by atoms with Gasteiger partial charge >= 0.3 is 0 Å². The SMILES string of the molecule is Clc1cccc(CCNc2nccc(NCc3ccccc3)n2)c1. The van der Waals surface area contributed by atoms with Crippen molar-refractivity contribution < 1.29 is 0 Å². The Morgan fingerprint density at radius 1 is 0.875 bits per heavy atom. The highest BCUT2D eigenvalue weighted by atomic mass is 35.5. The number of hydrogen-bond donors (Lipinski definition) is 2. The maximum absolute atomic E-state index is 5.99. The quantitative estimate of drug-likeness (QED) is 0.670. The zero-order valence-corrected chi connectivity index (χ0v) is 14.0. The van der Waals surface area contributed by atoms with Crippen molar-refractivity contribution in [2.75, 3.05) is 17.2 Å². The highest BCUT2D eigenvalue weighted by molar-refractivity contribution is 6.30. The van der Waals surface area contributed by atoms with Crippen molar-refractivity contribution in [3.05, 3.63) is 83.0 Å². The highest BCUT2D eigenvalue weighted by Gasteiger charge is 2.00. The van der Waals surface area contributed by atoms with Crippen LogP contribution in [0.25, 0.3) is 0 Å². The maximum Gasteiger partial charge on any atom is 0.224 e.